The molecule has 0 aliphatic carbocycles. The first-order valence-electron chi connectivity index (χ1n) is 6.85. The van der Waals surface area contributed by atoms with Gasteiger partial charge in [0.15, 0.2) is 0 Å². The van der Waals surface area contributed by atoms with Gasteiger partial charge in [0.25, 0.3) is 0 Å². The van der Waals surface area contributed by atoms with Crippen LogP contribution in [-0.2, 0) is 14.8 Å². The fourth-order valence-corrected chi connectivity index (χ4v) is 4.46. The highest BCUT2D eigenvalue weighted by atomic mass is 32.2. The Labute approximate surface area is 125 Å². The number of rotatable bonds is 5. The van der Waals surface area contributed by atoms with E-state index >= 15 is 0 Å². The van der Waals surface area contributed by atoms with Crippen LogP contribution in [0.5, 0.6) is 0 Å². The molecule has 0 saturated carbocycles. The summed E-state index contributed by atoms with van der Waals surface area (Å²) in [5.74, 6) is 0. The van der Waals surface area contributed by atoms with Crippen molar-refractivity contribution in [3.8, 4) is 0 Å². The van der Waals surface area contributed by atoms with Crippen LogP contribution in [0.25, 0.3) is 0 Å². The number of aliphatic hydroxyl groups is 1. The predicted octanol–water partition coefficient (Wildman–Crippen LogP) is 1.67. The van der Waals surface area contributed by atoms with Gasteiger partial charge in [-0.1, -0.05) is 23.8 Å². The van der Waals surface area contributed by atoms with E-state index in [2.05, 4.69) is 6.58 Å². The van der Waals surface area contributed by atoms with Gasteiger partial charge in [-0.05, 0) is 31.9 Å². The SMILES string of the molecule is C=CC(O)C1CCC(OC)N1S(=O)(=O)c1ccc(C)cc1. The van der Waals surface area contributed by atoms with Crippen molar-refractivity contribution < 1.29 is 18.3 Å². The first-order chi connectivity index (χ1) is 9.91. The molecule has 3 atom stereocenters. The summed E-state index contributed by atoms with van der Waals surface area (Å²) in [4.78, 5) is 0.207. The molecule has 1 saturated heterocycles. The molecule has 3 unspecified atom stereocenters. The molecule has 21 heavy (non-hydrogen) atoms. The maximum Gasteiger partial charge on any atom is 0.245 e. The number of aliphatic hydroxyl groups excluding tert-OH is 1. The van der Waals surface area contributed by atoms with Gasteiger partial charge in [-0.15, -0.1) is 6.58 Å². The van der Waals surface area contributed by atoms with Gasteiger partial charge in [0.05, 0.1) is 17.0 Å². The Bertz CT molecular complexity index is 597. The highest BCUT2D eigenvalue weighted by Gasteiger charge is 2.44. The maximum absolute atomic E-state index is 12.8. The molecule has 1 N–H and O–H groups in total. The van der Waals surface area contributed by atoms with Gasteiger partial charge >= 0.3 is 0 Å². The summed E-state index contributed by atoms with van der Waals surface area (Å²) in [7, 11) is -2.24. The highest BCUT2D eigenvalue weighted by Crippen LogP contribution is 2.33. The van der Waals surface area contributed by atoms with Gasteiger partial charge in [0, 0.05) is 7.11 Å². The predicted molar refractivity (Wildman–Crippen MR) is 80.2 cm³/mol. The molecule has 1 aliphatic rings. The Kier molecular flexibility index (Phi) is 4.83. The number of sulfonamides is 1. The second kappa shape index (κ2) is 6.27. The van der Waals surface area contributed by atoms with Crippen LogP contribution in [0.4, 0.5) is 0 Å². The molecule has 1 heterocycles. The lowest BCUT2D eigenvalue weighted by Crippen LogP contribution is -2.46. The third kappa shape index (κ3) is 3.03. The second-order valence-electron chi connectivity index (χ2n) is 5.21. The topological polar surface area (TPSA) is 66.8 Å². The van der Waals surface area contributed by atoms with Crippen LogP contribution in [-0.4, -0.2) is 43.3 Å². The van der Waals surface area contributed by atoms with E-state index in [-0.39, 0.29) is 4.90 Å². The van der Waals surface area contributed by atoms with Gasteiger partial charge in [-0.25, -0.2) is 8.42 Å². The molecule has 1 fully saturated rings. The Morgan fingerprint density at radius 2 is 2.00 bits per heavy atom. The summed E-state index contributed by atoms with van der Waals surface area (Å²) in [6.45, 7) is 5.44. The minimum absolute atomic E-state index is 0.207. The van der Waals surface area contributed by atoms with Crippen LogP contribution in [0.1, 0.15) is 18.4 Å². The van der Waals surface area contributed by atoms with E-state index in [1.165, 1.54) is 17.5 Å². The zero-order valence-corrected chi connectivity index (χ0v) is 13.1. The molecule has 1 aromatic rings. The summed E-state index contributed by atoms with van der Waals surface area (Å²) in [5.41, 5.74) is 0.987. The van der Waals surface area contributed by atoms with Crippen LogP contribution in [0.15, 0.2) is 41.8 Å². The van der Waals surface area contributed by atoms with E-state index < -0.39 is 28.4 Å². The van der Waals surface area contributed by atoms with E-state index in [4.69, 9.17) is 4.74 Å². The van der Waals surface area contributed by atoms with E-state index in [0.29, 0.717) is 12.8 Å². The minimum Gasteiger partial charge on any atom is -0.387 e. The maximum atomic E-state index is 12.8. The van der Waals surface area contributed by atoms with Crippen molar-refractivity contribution in [2.24, 2.45) is 0 Å². The molecule has 1 aromatic carbocycles. The lowest BCUT2D eigenvalue weighted by molar-refractivity contribution is 0.0139. The summed E-state index contributed by atoms with van der Waals surface area (Å²) >= 11 is 0. The molecular formula is C15H21NO4S. The largest absolute Gasteiger partial charge is 0.387 e. The lowest BCUT2D eigenvalue weighted by Gasteiger charge is -2.30. The van der Waals surface area contributed by atoms with Crippen molar-refractivity contribution in [2.75, 3.05) is 7.11 Å². The summed E-state index contributed by atoms with van der Waals surface area (Å²) < 4.78 is 32.2. The summed E-state index contributed by atoms with van der Waals surface area (Å²) in [5, 5.41) is 10.0. The number of nitrogens with zero attached hydrogens (tertiary/aromatic N) is 1. The molecule has 1 aliphatic heterocycles. The second-order valence-corrected chi connectivity index (χ2v) is 7.05. The molecule has 0 bridgehead atoms. The fourth-order valence-electron chi connectivity index (χ4n) is 2.65. The van der Waals surface area contributed by atoms with Crippen molar-refractivity contribution in [3.63, 3.8) is 0 Å². The molecule has 116 valence electrons. The van der Waals surface area contributed by atoms with E-state index in [1.54, 1.807) is 24.3 Å². The molecular weight excluding hydrogens is 290 g/mol. The van der Waals surface area contributed by atoms with Gasteiger partial charge in [-0.2, -0.15) is 4.31 Å². The third-order valence-electron chi connectivity index (χ3n) is 3.82. The van der Waals surface area contributed by atoms with Crippen LogP contribution < -0.4 is 0 Å². The number of benzene rings is 1. The average Bonchev–Trinajstić information content (AvgIpc) is 2.91. The van der Waals surface area contributed by atoms with Crippen LogP contribution in [0, 0.1) is 6.92 Å². The van der Waals surface area contributed by atoms with Gasteiger partial charge < -0.3 is 9.84 Å². The zero-order chi connectivity index (χ0) is 15.6. The lowest BCUT2D eigenvalue weighted by atomic mass is 10.1. The zero-order valence-electron chi connectivity index (χ0n) is 12.3. The van der Waals surface area contributed by atoms with Crippen molar-refractivity contribution in [3.05, 3.63) is 42.5 Å². The van der Waals surface area contributed by atoms with Gasteiger partial charge in [0.2, 0.25) is 10.0 Å². The number of ether oxygens (including phenoxy) is 1. The Morgan fingerprint density at radius 1 is 1.38 bits per heavy atom. The molecule has 0 aromatic heterocycles. The number of hydrogen-bond acceptors (Lipinski definition) is 4. The third-order valence-corrected chi connectivity index (χ3v) is 5.75. The van der Waals surface area contributed by atoms with Crippen LogP contribution in [0.3, 0.4) is 0 Å². The fraction of sp³-hybridized carbons (Fsp3) is 0.467. The van der Waals surface area contributed by atoms with Crippen molar-refractivity contribution >= 4 is 10.0 Å². The first-order valence-corrected chi connectivity index (χ1v) is 8.29. The van der Waals surface area contributed by atoms with E-state index in [9.17, 15) is 13.5 Å². The van der Waals surface area contributed by atoms with Crippen molar-refractivity contribution in [1.82, 2.24) is 4.31 Å². The van der Waals surface area contributed by atoms with Crippen LogP contribution >= 0.6 is 0 Å². The highest BCUT2D eigenvalue weighted by molar-refractivity contribution is 7.89. The summed E-state index contributed by atoms with van der Waals surface area (Å²) in [6, 6.07) is 6.12. The molecule has 0 spiro atoms. The standard InChI is InChI=1S/C15H21NO4S/c1-4-14(17)13-9-10-15(20-3)16(13)21(18,19)12-7-5-11(2)6-8-12/h4-8,13-15,17H,1,9-10H2,2-3H3. The van der Waals surface area contributed by atoms with Crippen LogP contribution in [0.2, 0.25) is 0 Å². The van der Waals surface area contributed by atoms with Gasteiger partial charge in [0.1, 0.15) is 6.23 Å². The Hall–Kier alpha value is -1.21. The Balaban J connectivity index is 2.43. The van der Waals surface area contributed by atoms with Crippen molar-refractivity contribution in [1.29, 1.82) is 0 Å². The van der Waals surface area contributed by atoms with E-state index in [0.717, 1.165) is 5.56 Å². The summed E-state index contributed by atoms with van der Waals surface area (Å²) in [6.07, 6.45) is 0.982. The molecule has 5 nitrogen and oxygen atoms in total. The van der Waals surface area contributed by atoms with Gasteiger partial charge in [-0.3, -0.25) is 0 Å². The number of aryl methyl sites for hydroxylation is 1. The van der Waals surface area contributed by atoms with Crippen molar-refractivity contribution in [2.45, 2.75) is 43.0 Å². The smallest absolute Gasteiger partial charge is 0.245 e. The minimum atomic E-state index is -3.72. The molecule has 0 radical (unpaired) electrons. The average molecular weight is 311 g/mol. The number of methoxy groups -OCH3 is 1. The Morgan fingerprint density at radius 3 is 2.52 bits per heavy atom. The quantitative estimate of drug-likeness (QED) is 0.840. The first kappa shape index (κ1) is 16.2. The molecule has 0 amide bonds. The normalized spacial score (nSPS) is 24.9. The number of hydrogen-bond donors (Lipinski definition) is 1. The van der Waals surface area contributed by atoms with E-state index in [1.807, 2.05) is 6.92 Å². The monoisotopic (exact) mass is 311 g/mol. The molecule has 6 heteroatoms. The molecule has 2 rings (SSSR count).